The molecule has 0 fully saturated rings. The fourth-order valence-corrected chi connectivity index (χ4v) is 4.44. The molecule has 10 nitrogen and oxygen atoms in total. The molecule has 174 valence electrons. The molecular formula is C20H21FN6O4S2. The molecule has 3 rings (SSSR count). The lowest BCUT2D eigenvalue weighted by Crippen LogP contribution is -2.38. The van der Waals surface area contributed by atoms with Crippen LogP contribution in [0.5, 0.6) is 0 Å². The van der Waals surface area contributed by atoms with Gasteiger partial charge in [0.25, 0.3) is 0 Å². The first-order chi connectivity index (χ1) is 15.6. The number of nitrogens with zero attached hydrogens (tertiary/aromatic N) is 4. The van der Waals surface area contributed by atoms with Crippen molar-refractivity contribution in [1.29, 1.82) is 0 Å². The van der Waals surface area contributed by atoms with E-state index in [-0.39, 0.29) is 10.6 Å². The molecule has 0 spiro atoms. The van der Waals surface area contributed by atoms with Crippen molar-refractivity contribution in [3.63, 3.8) is 0 Å². The maximum Gasteiger partial charge on any atom is 0.321 e. The van der Waals surface area contributed by atoms with Gasteiger partial charge < -0.3 is 5.32 Å². The van der Waals surface area contributed by atoms with E-state index in [0.29, 0.717) is 22.2 Å². The van der Waals surface area contributed by atoms with Gasteiger partial charge in [-0.25, -0.2) is 21.9 Å². The molecule has 1 heterocycles. The van der Waals surface area contributed by atoms with E-state index < -0.39 is 27.8 Å². The summed E-state index contributed by atoms with van der Waals surface area (Å²) in [6, 6.07) is 11.1. The summed E-state index contributed by atoms with van der Waals surface area (Å²) in [5.41, 5.74) is 0.961. The molecule has 0 atom stereocenters. The number of imide groups is 1. The third kappa shape index (κ3) is 5.56. The van der Waals surface area contributed by atoms with Crippen molar-refractivity contribution in [2.75, 3.05) is 26.9 Å². The van der Waals surface area contributed by atoms with Crippen molar-refractivity contribution >= 4 is 33.7 Å². The predicted molar refractivity (Wildman–Crippen MR) is 121 cm³/mol. The van der Waals surface area contributed by atoms with Crippen LogP contribution in [0.3, 0.4) is 0 Å². The second-order valence-corrected chi connectivity index (χ2v) is 9.94. The third-order valence-electron chi connectivity index (χ3n) is 4.40. The summed E-state index contributed by atoms with van der Waals surface area (Å²) in [6.45, 7) is 0. The Morgan fingerprint density at radius 3 is 2.45 bits per heavy atom. The summed E-state index contributed by atoms with van der Waals surface area (Å²) in [5, 5.41) is 13.1. The zero-order chi connectivity index (χ0) is 24.2. The molecule has 2 aromatic carbocycles. The fraction of sp³-hybridized carbons (Fsp3) is 0.200. The highest BCUT2D eigenvalue weighted by Gasteiger charge is 2.21. The second-order valence-electron chi connectivity index (χ2n) is 6.85. The number of aromatic nitrogens is 3. The van der Waals surface area contributed by atoms with Gasteiger partial charge in [-0.1, -0.05) is 23.9 Å². The van der Waals surface area contributed by atoms with Gasteiger partial charge in [0.1, 0.15) is 5.82 Å². The minimum absolute atomic E-state index is 0.0674. The highest BCUT2D eigenvalue weighted by atomic mass is 32.2. The zero-order valence-corrected chi connectivity index (χ0v) is 19.6. The summed E-state index contributed by atoms with van der Waals surface area (Å²) in [7, 11) is 0.562. The first-order valence-corrected chi connectivity index (χ1v) is 11.9. The lowest BCUT2D eigenvalue weighted by atomic mass is 10.2. The van der Waals surface area contributed by atoms with Crippen LogP contribution in [0.15, 0.2) is 58.6 Å². The van der Waals surface area contributed by atoms with E-state index in [2.05, 4.69) is 20.8 Å². The SMILES string of the molecule is CNC(=O)NC(=O)CSc1nnc(-c2cccc(S(=O)(=O)N(C)C)c2)n1-c1ccc(F)cc1. The molecule has 0 radical (unpaired) electrons. The second kappa shape index (κ2) is 10.1. The van der Waals surface area contributed by atoms with Gasteiger partial charge >= 0.3 is 6.03 Å². The summed E-state index contributed by atoms with van der Waals surface area (Å²) in [6.07, 6.45) is 0. The molecule has 13 heteroatoms. The van der Waals surface area contributed by atoms with Gasteiger partial charge in [-0.15, -0.1) is 10.2 Å². The number of rotatable bonds is 7. The molecule has 0 aliphatic carbocycles. The zero-order valence-electron chi connectivity index (χ0n) is 17.9. The van der Waals surface area contributed by atoms with Crippen molar-refractivity contribution < 1.29 is 22.4 Å². The van der Waals surface area contributed by atoms with Crippen molar-refractivity contribution in [2.24, 2.45) is 0 Å². The Hall–Kier alpha value is -3.29. The summed E-state index contributed by atoms with van der Waals surface area (Å²) < 4.78 is 41.3. The molecule has 0 saturated heterocycles. The average Bonchev–Trinajstić information content (AvgIpc) is 3.22. The molecular weight excluding hydrogens is 471 g/mol. The van der Waals surface area contributed by atoms with Crippen LogP contribution < -0.4 is 10.6 Å². The highest BCUT2D eigenvalue weighted by molar-refractivity contribution is 7.99. The van der Waals surface area contributed by atoms with Gasteiger partial charge in [-0.05, 0) is 36.4 Å². The number of hydrogen-bond donors (Lipinski definition) is 2. The number of carbonyl (C=O) groups is 2. The van der Waals surface area contributed by atoms with Gasteiger partial charge in [-0.3, -0.25) is 14.7 Å². The lowest BCUT2D eigenvalue weighted by molar-refractivity contribution is -0.117. The van der Waals surface area contributed by atoms with E-state index in [0.717, 1.165) is 16.1 Å². The van der Waals surface area contributed by atoms with Gasteiger partial charge in [-0.2, -0.15) is 0 Å². The Morgan fingerprint density at radius 1 is 1.12 bits per heavy atom. The van der Waals surface area contributed by atoms with Crippen molar-refractivity contribution in [2.45, 2.75) is 10.1 Å². The van der Waals surface area contributed by atoms with Gasteiger partial charge in [0, 0.05) is 32.4 Å². The van der Waals surface area contributed by atoms with Crippen molar-refractivity contribution in [3.05, 3.63) is 54.3 Å². The molecule has 1 aromatic heterocycles. The van der Waals surface area contributed by atoms with E-state index in [1.807, 2.05) is 0 Å². The van der Waals surface area contributed by atoms with Crippen LogP contribution in [0, 0.1) is 5.82 Å². The maximum atomic E-state index is 13.5. The number of sulfonamides is 1. The molecule has 0 saturated carbocycles. The van der Waals surface area contributed by atoms with Crippen LogP contribution in [0.1, 0.15) is 0 Å². The number of halogens is 1. The third-order valence-corrected chi connectivity index (χ3v) is 7.14. The Bertz CT molecular complexity index is 1280. The van der Waals surface area contributed by atoms with Crippen LogP contribution >= 0.6 is 11.8 Å². The fourth-order valence-electron chi connectivity index (χ4n) is 2.74. The van der Waals surface area contributed by atoms with Crippen molar-refractivity contribution in [1.82, 2.24) is 29.7 Å². The van der Waals surface area contributed by atoms with Crippen LogP contribution in [-0.4, -0.2) is 66.3 Å². The topological polar surface area (TPSA) is 126 Å². The highest BCUT2D eigenvalue weighted by Crippen LogP contribution is 2.29. The molecule has 2 N–H and O–H groups in total. The first-order valence-electron chi connectivity index (χ1n) is 9.52. The molecule has 0 unspecified atom stereocenters. The van der Waals surface area contributed by atoms with E-state index >= 15 is 0 Å². The smallest absolute Gasteiger partial charge is 0.321 e. The number of carbonyl (C=O) groups excluding carboxylic acids is 2. The van der Waals surface area contributed by atoms with E-state index in [4.69, 9.17) is 0 Å². The van der Waals surface area contributed by atoms with Crippen LogP contribution in [-0.2, 0) is 14.8 Å². The Kier molecular flexibility index (Phi) is 7.46. The van der Waals surface area contributed by atoms with Crippen molar-refractivity contribution in [3.8, 4) is 17.1 Å². The van der Waals surface area contributed by atoms with E-state index in [1.165, 1.54) is 57.5 Å². The summed E-state index contributed by atoms with van der Waals surface area (Å²) in [4.78, 5) is 23.4. The summed E-state index contributed by atoms with van der Waals surface area (Å²) >= 11 is 1.01. The van der Waals surface area contributed by atoms with Gasteiger partial charge in [0.05, 0.1) is 10.6 Å². The molecule has 0 aliphatic rings. The number of amides is 3. The monoisotopic (exact) mass is 492 g/mol. The number of urea groups is 1. The minimum atomic E-state index is -3.69. The molecule has 0 bridgehead atoms. The molecule has 0 aliphatic heterocycles. The minimum Gasteiger partial charge on any atom is -0.341 e. The number of thioether (sulfide) groups is 1. The number of benzene rings is 2. The van der Waals surface area contributed by atoms with E-state index in [9.17, 15) is 22.4 Å². The normalized spacial score (nSPS) is 11.4. The maximum absolute atomic E-state index is 13.5. The summed E-state index contributed by atoms with van der Waals surface area (Å²) in [5.74, 6) is -0.825. The molecule has 33 heavy (non-hydrogen) atoms. The van der Waals surface area contributed by atoms with Crippen LogP contribution in [0.2, 0.25) is 0 Å². The largest absolute Gasteiger partial charge is 0.341 e. The standard InChI is InChI=1S/C20H21FN6O4S2/c1-22-19(29)23-17(28)12-32-20-25-24-18(27(20)15-9-7-14(21)8-10-15)13-5-4-6-16(11-13)33(30,31)26(2)3/h4-11H,12H2,1-3H3,(H2,22,23,28,29). The molecule has 3 aromatic rings. The Labute approximate surface area is 194 Å². The van der Waals surface area contributed by atoms with Gasteiger partial charge in [0.15, 0.2) is 11.0 Å². The Morgan fingerprint density at radius 2 is 1.82 bits per heavy atom. The first kappa shape index (κ1) is 24.4. The number of hydrogen-bond acceptors (Lipinski definition) is 7. The van der Waals surface area contributed by atoms with Crippen LogP contribution in [0.4, 0.5) is 9.18 Å². The quantitative estimate of drug-likeness (QED) is 0.482. The van der Waals surface area contributed by atoms with E-state index in [1.54, 1.807) is 16.7 Å². The predicted octanol–water partition coefficient (Wildman–Crippen LogP) is 1.87. The van der Waals surface area contributed by atoms with Crippen LogP contribution in [0.25, 0.3) is 17.1 Å². The Balaban J connectivity index is 2.03. The molecule has 3 amide bonds. The number of nitrogens with one attached hydrogen (secondary N) is 2. The lowest BCUT2D eigenvalue weighted by Gasteiger charge is -2.13. The average molecular weight is 493 g/mol. The van der Waals surface area contributed by atoms with Gasteiger partial charge in [0.2, 0.25) is 15.9 Å².